The fourth-order valence-electron chi connectivity index (χ4n) is 14.9. The number of carbonyl (C=O) groups excluding carboxylic acids is 2. The molecular formula is C48H74N4O6. The van der Waals surface area contributed by atoms with Crippen molar-refractivity contribution in [3.63, 3.8) is 0 Å². The first-order valence-corrected chi connectivity index (χ1v) is 22.6. The topological polar surface area (TPSA) is 133 Å². The fraction of sp³-hybridized carbons (Fsp3) is 0.812. The maximum atomic E-state index is 14.3. The maximum Gasteiger partial charge on any atom is 0.309 e. The lowest BCUT2D eigenvalue weighted by Crippen LogP contribution is -2.66. The Bertz CT molecular complexity index is 1790. The van der Waals surface area contributed by atoms with Crippen LogP contribution in [0.5, 0.6) is 0 Å². The van der Waals surface area contributed by atoms with Gasteiger partial charge in [0.05, 0.1) is 23.6 Å². The standard InChI is InChI=1S/C48H74N4O6/c1-29(2)39-34(53)25-48(37(54)27-52(23-22-51(10)11)26-30-16-21-49-28-50-30)20-19-46(8)31(40(39)48)12-13-36-45(7)17-15-38(44(5,6)35(45)14-18-47(36,46)9)58-42(57)33-24-32(41(55)56)43(33,3)4/h16,21,28-29,31-33,35-38,54H,12-15,17-20,22-27H2,1-11H3,(H,55,56)/t31-,32+,33-,35+,36-,37+,38+,45+,46-,47-,48+/m1/s1. The molecule has 0 unspecified atom stereocenters. The van der Waals surface area contributed by atoms with Gasteiger partial charge in [-0.05, 0) is 129 Å². The van der Waals surface area contributed by atoms with Crippen LogP contribution in [0, 0.1) is 68.0 Å². The molecule has 58 heavy (non-hydrogen) atoms. The minimum Gasteiger partial charge on any atom is -0.481 e. The monoisotopic (exact) mass is 803 g/mol. The van der Waals surface area contributed by atoms with E-state index in [9.17, 15) is 24.6 Å². The molecule has 6 aliphatic rings. The molecule has 0 saturated heterocycles. The number of aromatic nitrogens is 2. The molecule has 0 radical (unpaired) electrons. The molecule has 0 amide bonds. The summed E-state index contributed by atoms with van der Waals surface area (Å²) in [5.41, 5.74) is 1.93. The first-order chi connectivity index (χ1) is 27.0. The van der Waals surface area contributed by atoms with Gasteiger partial charge in [0.25, 0.3) is 0 Å². The van der Waals surface area contributed by atoms with E-state index in [4.69, 9.17) is 4.74 Å². The molecule has 5 saturated carbocycles. The zero-order valence-electron chi connectivity index (χ0n) is 37.6. The van der Waals surface area contributed by atoms with E-state index in [0.717, 1.165) is 75.7 Å². The van der Waals surface area contributed by atoms with Gasteiger partial charge in [0.2, 0.25) is 0 Å². The van der Waals surface area contributed by atoms with E-state index in [2.05, 4.69) is 82.3 Å². The minimum atomic E-state index is -0.829. The molecular weight excluding hydrogens is 729 g/mol. The highest BCUT2D eigenvalue weighted by atomic mass is 16.5. The highest BCUT2D eigenvalue weighted by Gasteiger charge is 2.71. The molecule has 322 valence electrons. The number of aliphatic hydroxyl groups excluding tert-OH is 1. The van der Waals surface area contributed by atoms with Crippen molar-refractivity contribution in [1.82, 2.24) is 19.8 Å². The molecule has 11 atom stereocenters. The zero-order chi connectivity index (χ0) is 42.4. The molecule has 10 nitrogen and oxygen atoms in total. The second kappa shape index (κ2) is 15.0. The van der Waals surface area contributed by atoms with Gasteiger partial charge in [0, 0.05) is 49.6 Å². The number of likely N-dealkylation sites (N-methyl/N-ethyl adjacent to an activating group) is 1. The second-order valence-electron chi connectivity index (χ2n) is 22.4. The Balaban J connectivity index is 1.15. The smallest absolute Gasteiger partial charge is 0.309 e. The molecule has 2 N–H and O–H groups in total. The largest absolute Gasteiger partial charge is 0.481 e. The molecule has 1 aromatic rings. The third-order valence-electron chi connectivity index (χ3n) is 18.5. The SMILES string of the molecule is CC(C)C1=C2[C@H]3CC[C@@H]4[C@@]5(C)CC[C@H](OC(=O)[C@H]6C[C@@H](C(=O)O)C6(C)C)C(C)(C)[C@@H]5CC[C@@]4(C)[C@]3(C)CC[C@@]2([C@@H](O)CN(CCN(C)C)Cc2ccncn2)CC1=O. The molecule has 0 aromatic carbocycles. The minimum absolute atomic E-state index is 0.0251. The number of aliphatic carboxylic acids is 1. The predicted molar refractivity (Wildman–Crippen MR) is 224 cm³/mol. The van der Waals surface area contributed by atoms with Crippen LogP contribution in [0.4, 0.5) is 0 Å². The Kier molecular flexibility index (Phi) is 11.3. The third kappa shape index (κ3) is 6.63. The van der Waals surface area contributed by atoms with Gasteiger partial charge in [-0.15, -0.1) is 0 Å². The Labute approximate surface area is 348 Å². The van der Waals surface area contributed by atoms with Gasteiger partial charge in [-0.2, -0.15) is 0 Å². The summed E-state index contributed by atoms with van der Waals surface area (Å²) < 4.78 is 6.44. The summed E-state index contributed by atoms with van der Waals surface area (Å²) >= 11 is 0. The number of fused-ring (bicyclic) bond motifs is 7. The van der Waals surface area contributed by atoms with Gasteiger partial charge in [0.1, 0.15) is 12.4 Å². The molecule has 0 spiro atoms. The van der Waals surface area contributed by atoms with E-state index in [1.54, 1.807) is 12.5 Å². The molecule has 1 aromatic heterocycles. The number of Topliss-reactive ketones (excluding diaryl/α,β-unsaturated/α-hetero) is 1. The number of hydrogen-bond donors (Lipinski definition) is 2. The van der Waals surface area contributed by atoms with Gasteiger partial charge < -0.3 is 19.8 Å². The van der Waals surface area contributed by atoms with Crippen LogP contribution in [-0.4, -0.2) is 93.6 Å². The number of carboxylic acid groups (broad SMARTS) is 1. The van der Waals surface area contributed by atoms with Gasteiger partial charge in [0.15, 0.2) is 5.78 Å². The Morgan fingerprint density at radius 2 is 1.62 bits per heavy atom. The van der Waals surface area contributed by atoms with E-state index < -0.39 is 28.8 Å². The highest BCUT2D eigenvalue weighted by molar-refractivity contribution is 6.00. The van der Waals surface area contributed by atoms with Crippen LogP contribution >= 0.6 is 0 Å². The summed E-state index contributed by atoms with van der Waals surface area (Å²) in [5, 5.41) is 22.4. The number of nitrogens with zero attached hydrogens (tertiary/aromatic N) is 4. The van der Waals surface area contributed by atoms with Crippen LogP contribution < -0.4 is 0 Å². The number of aliphatic hydroxyl groups is 1. The van der Waals surface area contributed by atoms with E-state index in [-0.39, 0.29) is 57.3 Å². The van der Waals surface area contributed by atoms with Gasteiger partial charge in [-0.25, -0.2) is 9.97 Å². The Hall–Kier alpha value is -2.69. The maximum absolute atomic E-state index is 14.3. The second-order valence-corrected chi connectivity index (χ2v) is 22.4. The fourth-order valence-corrected chi connectivity index (χ4v) is 14.9. The predicted octanol–water partition coefficient (Wildman–Crippen LogP) is 7.84. The van der Waals surface area contributed by atoms with Crippen molar-refractivity contribution >= 4 is 17.7 Å². The molecule has 6 aliphatic carbocycles. The lowest BCUT2D eigenvalue weighted by atomic mass is 9.33. The van der Waals surface area contributed by atoms with Crippen molar-refractivity contribution < 1.29 is 29.3 Å². The normalized spacial score (nSPS) is 39.4. The summed E-state index contributed by atoms with van der Waals surface area (Å²) in [6.07, 6.45) is 11.2. The average molecular weight is 803 g/mol. The average Bonchev–Trinajstić information content (AvgIpc) is 3.45. The summed E-state index contributed by atoms with van der Waals surface area (Å²) in [5.74, 6) is -0.489. The van der Waals surface area contributed by atoms with Crippen LogP contribution in [-0.2, 0) is 25.7 Å². The molecule has 7 rings (SSSR count). The van der Waals surface area contributed by atoms with E-state index >= 15 is 0 Å². The molecule has 5 fully saturated rings. The number of rotatable bonds is 12. The molecule has 10 heteroatoms. The van der Waals surface area contributed by atoms with Crippen molar-refractivity contribution in [2.45, 2.75) is 145 Å². The van der Waals surface area contributed by atoms with E-state index in [0.29, 0.717) is 37.8 Å². The first kappa shape index (κ1) is 43.4. The number of esters is 1. The Morgan fingerprint density at radius 3 is 2.24 bits per heavy atom. The van der Waals surface area contributed by atoms with Crippen LogP contribution in [0.2, 0.25) is 0 Å². The summed E-state index contributed by atoms with van der Waals surface area (Å²) in [7, 11) is 4.15. The molecule has 0 bridgehead atoms. The number of ether oxygens (including phenoxy) is 1. The first-order valence-electron chi connectivity index (χ1n) is 22.6. The van der Waals surface area contributed by atoms with Crippen molar-refractivity contribution in [3.8, 4) is 0 Å². The Morgan fingerprint density at radius 1 is 0.897 bits per heavy atom. The highest BCUT2D eigenvalue weighted by Crippen LogP contribution is 2.77. The van der Waals surface area contributed by atoms with Crippen LogP contribution in [0.3, 0.4) is 0 Å². The van der Waals surface area contributed by atoms with E-state index in [1.807, 2.05) is 19.9 Å². The lowest BCUT2D eigenvalue weighted by molar-refractivity contribution is -0.238. The summed E-state index contributed by atoms with van der Waals surface area (Å²) in [6.45, 7) is 23.2. The van der Waals surface area contributed by atoms with Crippen molar-refractivity contribution in [2.75, 3.05) is 33.7 Å². The van der Waals surface area contributed by atoms with E-state index in [1.165, 1.54) is 5.57 Å². The third-order valence-corrected chi connectivity index (χ3v) is 18.5. The van der Waals surface area contributed by atoms with Gasteiger partial charge in [-0.1, -0.05) is 67.9 Å². The summed E-state index contributed by atoms with van der Waals surface area (Å²) in [6, 6.07) is 1.95. The number of carbonyl (C=O) groups is 3. The molecule has 1 heterocycles. The zero-order valence-corrected chi connectivity index (χ0v) is 37.6. The van der Waals surface area contributed by atoms with Crippen molar-refractivity contribution in [3.05, 3.63) is 35.4 Å². The summed E-state index contributed by atoms with van der Waals surface area (Å²) in [4.78, 5) is 52.9. The van der Waals surface area contributed by atoms with Gasteiger partial charge in [-0.3, -0.25) is 19.3 Å². The number of allylic oxidation sites excluding steroid dienone is 1. The number of carboxylic acids is 1. The number of ketones is 1. The molecule has 0 aliphatic heterocycles. The van der Waals surface area contributed by atoms with Crippen LogP contribution in [0.15, 0.2) is 29.7 Å². The quantitative estimate of drug-likeness (QED) is 0.202. The van der Waals surface area contributed by atoms with Crippen LogP contribution in [0.1, 0.15) is 132 Å². The van der Waals surface area contributed by atoms with Crippen molar-refractivity contribution in [2.24, 2.45) is 68.0 Å². The van der Waals surface area contributed by atoms with Crippen LogP contribution in [0.25, 0.3) is 0 Å². The number of hydrogen-bond acceptors (Lipinski definition) is 9. The van der Waals surface area contributed by atoms with Gasteiger partial charge >= 0.3 is 11.9 Å². The van der Waals surface area contributed by atoms with Crippen molar-refractivity contribution in [1.29, 1.82) is 0 Å². The lowest BCUT2D eigenvalue weighted by Gasteiger charge is -2.72.